The second-order valence-corrected chi connectivity index (χ2v) is 5.36. The topological polar surface area (TPSA) is 58.4 Å². The average Bonchev–Trinajstić information content (AvgIpc) is 2.60. The van der Waals surface area contributed by atoms with Crippen LogP contribution in [0.4, 0.5) is 0 Å². The summed E-state index contributed by atoms with van der Waals surface area (Å²) in [6, 6.07) is 2.02. The van der Waals surface area contributed by atoms with Gasteiger partial charge in [0.15, 0.2) is 0 Å². The van der Waals surface area contributed by atoms with Gasteiger partial charge in [-0.2, -0.15) is 5.10 Å². The summed E-state index contributed by atoms with van der Waals surface area (Å²) in [6.45, 7) is 5.28. The highest BCUT2D eigenvalue weighted by atomic mass is 16.4. The first-order chi connectivity index (χ1) is 8.43. The Kier molecular flexibility index (Phi) is 3.43. The van der Waals surface area contributed by atoms with Gasteiger partial charge >= 0.3 is 5.97 Å². The van der Waals surface area contributed by atoms with Crippen molar-refractivity contribution in [2.45, 2.75) is 45.2 Å². The van der Waals surface area contributed by atoms with Crippen LogP contribution >= 0.6 is 0 Å². The summed E-state index contributed by atoms with van der Waals surface area (Å²) in [5, 5.41) is 13.8. The summed E-state index contributed by atoms with van der Waals surface area (Å²) in [4.78, 5) is 13.6. The zero-order chi connectivity index (χ0) is 13.3. The maximum Gasteiger partial charge on any atom is 0.323 e. The number of carboxylic acids is 1. The third-order valence-electron chi connectivity index (χ3n) is 3.95. The lowest BCUT2D eigenvalue weighted by atomic mass is 9.88. The van der Waals surface area contributed by atoms with E-state index >= 15 is 0 Å². The molecule has 1 saturated heterocycles. The van der Waals surface area contributed by atoms with Crippen LogP contribution in [0.25, 0.3) is 0 Å². The Balaban J connectivity index is 2.20. The number of aromatic nitrogens is 2. The van der Waals surface area contributed by atoms with Crippen LogP contribution in [0.5, 0.6) is 0 Å². The molecule has 1 aromatic heterocycles. The number of aliphatic carboxylic acids is 1. The van der Waals surface area contributed by atoms with Crippen molar-refractivity contribution >= 4 is 5.97 Å². The summed E-state index contributed by atoms with van der Waals surface area (Å²) >= 11 is 0. The standard InChI is InChI=1S/C13H21N3O2/c1-10-8-11(15(3)14-10)9-16-7-5-4-6-13(16,2)12(17)18/h8H,4-7,9H2,1-3H3,(H,17,18). The first kappa shape index (κ1) is 13.1. The molecule has 0 bridgehead atoms. The van der Waals surface area contributed by atoms with E-state index in [1.807, 2.05) is 31.6 Å². The number of hydrogen-bond donors (Lipinski definition) is 1. The molecule has 100 valence electrons. The first-order valence-electron chi connectivity index (χ1n) is 6.41. The van der Waals surface area contributed by atoms with Gasteiger partial charge in [0.25, 0.3) is 0 Å². The summed E-state index contributed by atoms with van der Waals surface area (Å²) in [6.07, 6.45) is 2.78. The fourth-order valence-electron chi connectivity index (χ4n) is 2.68. The van der Waals surface area contributed by atoms with Crippen molar-refractivity contribution in [1.82, 2.24) is 14.7 Å². The van der Waals surface area contributed by atoms with Crippen molar-refractivity contribution in [3.63, 3.8) is 0 Å². The van der Waals surface area contributed by atoms with Crippen LogP contribution in [0.3, 0.4) is 0 Å². The Morgan fingerprint density at radius 3 is 2.83 bits per heavy atom. The lowest BCUT2D eigenvalue weighted by molar-refractivity contribution is -0.153. The number of nitrogens with zero attached hydrogens (tertiary/aromatic N) is 3. The van der Waals surface area contributed by atoms with Crippen molar-refractivity contribution in [3.05, 3.63) is 17.5 Å². The smallest absolute Gasteiger partial charge is 0.323 e. The van der Waals surface area contributed by atoms with Gasteiger partial charge in [0.2, 0.25) is 0 Å². The molecule has 0 aromatic carbocycles. The molecule has 0 saturated carbocycles. The van der Waals surface area contributed by atoms with Crippen molar-refractivity contribution in [2.75, 3.05) is 6.54 Å². The molecule has 0 amide bonds. The van der Waals surface area contributed by atoms with E-state index in [1.165, 1.54) is 0 Å². The quantitative estimate of drug-likeness (QED) is 0.885. The molecule has 1 aliphatic rings. The molecule has 18 heavy (non-hydrogen) atoms. The highest BCUT2D eigenvalue weighted by Crippen LogP contribution is 2.29. The minimum Gasteiger partial charge on any atom is -0.480 e. The van der Waals surface area contributed by atoms with Crippen LogP contribution in [0.2, 0.25) is 0 Å². The Hall–Kier alpha value is -1.36. The zero-order valence-corrected chi connectivity index (χ0v) is 11.3. The number of rotatable bonds is 3. The molecule has 0 spiro atoms. The van der Waals surface area contributed by atoms with E-state index in [0.29, 0.717) is 6.54 Å². The van der Waals surface area contributed by atoms with E-state index in [9.17, 15) is 9.90 Å². The van der Waals surface area contributed by atoms with Crippen LogP contribution < -0.4 is 0 Å². The molecule has 0 aliphatic carbocycles. The van der Waals surface area contributed by atoms with Crippen molar-refractivity contribution < 1.29 is 9.90 Å². The predicted octanol–water partition coefficient (Wildman–Crippen LogP) is 1.56. The number of carbonyl (C=O) groups is 1. The van der Waals surface area contributed by atoms with Crippen molar-refractivity contribution in [2.24, 2.45) is 7.05 Å². The van der Waals surface area contributed by atoms with Gasteiger partial charge in [-0.1, -0.05) is 0 Å². The molecule has 1 aliphatic heterocycles. The molecule has 0 radical (unpaired) electrons. The highest BCUT2D eigenvalue weighted by Gasteiger charge is 2.41. The molecular formula is C13H21N3O2. The third kappa shape index (κ3) is 2.27. The second-order valence-electron chi connectivity index (χ2n) is 5.36. The van der Waals surface area contributed by atoms with E-state index in [1.54, 1.807) is 0 Å². The van der Waals surface area contributed by atoms with E-state index in [0.717, 1.165) is 37.2 Å². The van der Waals surface area contributed by atoms with E-state index < -0.39 is 11.5 Å². The molecule has 2 rings (SSSR count). The molecule has 2 heterocycles. The number of likely N-dealkylation sites (tertiary alicyclic amines) is 1. The maximum atomic E-state index is 11.5. The maximum absolute atomic E-state index is 11.5. The molecule has 1 unspecified atom stereocenters. The largest absolute Gasteiger partial charge is 0.480 e. The van der Waals surface area contributed by atoms with Crippen LogP contribution in [-0.2, 0) is 18.4 Å². The lowest BCUT2D eigenvalue weighted by Gasteiger charge is -2.41. The first-order valence-corrected chi connectivity index (χ1v) is 6.41. The molecule has 1 fully saturated rings. The van der Waals surface area contributed by atoms with Crippen LogP contribution in [0.1, 0.15) is 37.6 Å². The lowest BCUT2D eigenvalue weighted by Crippen LogP contribution is -2.54. The average molecular weight is 251 g/mol. The van der Waals surface area contributed by atoms with Gasteiger partial charge in [-0.15, -0.1) is 0 Å². The van der Waals surface area contributed by atoms with E-state index in [4.69, 9.17) is 0 Å². The van der Waals surface area contributed by atoms with Gasteiger partial charge in [0.1, 0.15) is 5.54 Å². The summed E-state index contributed by atoms with van der Waals surface area (Å²) in [7, 11) is 1.91. The Morgan fingerprint density at radius 2 is 2.28 bits per heavy atom. The van der Waals surface area contributed by atoms with Crippen LogP contribution in [-0.4, -0.2) is 37.8 Å². The van der Waals surface area contributed by atoms with Crippen molar-refractivity contribution in [3.8, 4) is 0 Å². The fraction of sp³-hybridized carbons (Fsp3) is 0.692. The van der Waals surface area contributed by atoms with Gasteiger partial charge in [0, 0.05) is 13.6 Å². The van der Waals surface area contributed by atoms with E-state index in [-0.39, 0.29) is 0 Å². The van der Waals surface area contributed by atoms with E-state index in [2.05, 4.69) is 10.00 Å². The number of hydrogen-bond acceptors (Lipinski definition) is 3. The minimum atomic E-state index is -0.740. The number of aryl methyl sites for hydroxylation is 2. The highest BCUT2D eigenvalue weighted by molar-refractivity contribution is 5.78. The molecular weight excluding hydrogens is 230 g/mol. The minimum absolute atomic E-state index is 0.653. The second kappa shape index (κ2) is 4.72. The van der Waals surface area contributed by atoms with Gasteiger partial charge in [-0.3, -0.25) is 14.4 Å². The molecule has 5 heteroatoms. The predicted molar refractivity (Wildman–Crippen MR) is 68.2 cm³/mol. The summed E-state index contributed by atoms with van der Waals surface area (Å²) in [5.41, 5.74) is 1.31. The Bertz CT molecular complexity index is 455. The van der Waals surface area contributed by atoms with Gasteiger partial charge in [-0.25, -0.2) is 0 Å². The normalized spacial score (nSPS) is 25.3. The van der Waals surface area contributed by atoms with Gasteiger partial charge < -0.3 is 5.11 Å². The Morgan fingerprint density at radius 1 is 1.56 bits per heavy atom. The molecule has 1 atom stereocenters. The van der Waals surface area contributed by atoms with Crippen LogP contribution in [0, 0.1) is 6.92 Å². The summed E-state index contributed by atoms with van der Waals surface area (Å²) < 4.78 is 1.84. The number of carboxylic acid groups (broad SMARTS) is 1. The third-order valence-corrected chi connectivity index (χ3v) is 3.95. The molecule has 5 nitrogen and oxygen atoms in total. The fourth-order valence-corrected chi connectivity index (χ4v) is 2.68. The summed E-state index contributed by atoms with van der Waals surface area (Å²) in [5.74, 6) is -0.721. The zero-order valence-electron chi connectivity index (χ0n) is 11.3. The van der Waals surface area contributed by atoms with Gasteiger partial charge in [-0.05, 0) is 45.7 Å². The van der Waals surface area contributed by atoms with Gasteiger partial charge in [0.05, 0.1) is 11.4 Å². The number of piperidine rings is 1. The molecule has 1 N–H and O–H groups in total. The molecule has 1 aromatic rings. The Labute approximate surface area is 107 Å². The monoisotopic (exact) mass is 251 g/mol. The van der Waals surface area contributed by atoms with Crippen molar-refractivity contribution in [1.29, 1.82) is 0 Å². The SMILES string of the molecule is Cc1cc(CN2CCCCC2(C)C(=O)O)n(C)n1. The van der Waals surface area contributed by atoms with Crippen LogP contribution in [0.15, 0.2) is 6.07 Å².